The summed E-state index contributed by atoms with van der Waals surface area (Å²) in [6, 6.07) is 32.1. The normalized spacial score (nSPS) is 10.1. The van der Waals surface area contributed by atoms with E-state index in [1.54, 1.807) is 72.8 Å². The first kappa shape index (κ1) is 20.7. The van der Waals surface area contributed by atoms with Gasteiger partial charge in [-0.2, -0.15) is 0 Å². The molecule has 2 amide bonds. The first-order chi connectivity index (χ1) is 15.7. The van der Waals surface area contributed by atoms with Gasteiger partial charge in [0.2, 0.25) is 0 Å². The molecule has 0 radical (unpaired) electrons. The average Bonchev–Trinajstić information content (AvgIpc) is 2.83. The first-order valence-corrected chi connectivity index (χ1v) is 9.95. The Morgan fingerprint density at radius 2 is 0.812 bits per heavy atom. The van der Waals surface area contributed by atoms with Crippen LogP contribution in [0, 0.1) is 0 Å². The smallest absolute Gasteiger partial charge is 0.314 e. The van der Waals surface area contributed by atoms with E-state index in [0.717, 1.165) is 0 Å². The summed E-state index contributed by atoms with van der Waals surface area (Å²) in [4.78, 5) is 25.1. The SMILES string of the molecule is O=C(Nc1ccccc1Oc1ccccc1)C(=O)Nc1ccccc1Oc1ccccc1. The predicted octanol–water partition coefficient (Wildman–Crippen LogP) is 5.85. The summed E-state index contributed by atoms with van der Waals surface area (Å²) >= 11 is 0. The third-order valence-electron chi connectivity index (χ3n) is 4.42. The molecule has 0 atom stereocenters. The molecule has 0 saturated carbocycles. The van der Waals surface area contributed by atoms with Crippen LogP contribution in [-0.4, -0.2) is 11.8 Å². The van der Waals surface area contributed by atoms with Crippen molar-refractivity contribution in [2.45, 2.75) is 0 Å². The van der Waals surface area contributed by atoms with Gasteiger partial charge in [0, 0.05) is 0 Å². The van der Waals surface area contributed by atoms with Gasteiger partial charge in [-0.3, -0.25) is 9.59 Å². The molecule has 4 aromatic carbocycles. The van der Waals surface area contributed by atoms with Gasteiger partial charge < -0.3 is 20.1 Å². The fourth-order valence-electron chi connectivity index (χ4n) is 2.91. The molecule has 0 aromatic heterocycles. The number of anilines is 2. The van der Waals surface area contributed by atoms with Gasteiger partial charge in [0.25, 0.3) is 0 Å². The molecule has 4 rings (SSSR count). The van der Waals surface area contributed by atoms with Gasteiger partial charge >= 0.3 is 11.8 Å². The molecule has 0 spiro atoms. The summed E-state index contributed by atoms with van der Waals surface area (Å²) in [5, 5.41) is 5.21. The maximum absolute atomic E-state index is 12.6. The maximum atomic E-state index is 12.6. The molecule has 0 bridgehead atoms. The molecule has 0 unspecified atom stereocenters. The predicted molar refractivity (Wildman–Crippen MR) is 123 cm³/mol. The second kappa shape index (κ2) is 9.95. The van der Waals surface area contributed by atoms with Crippen molar-refractivity contribution in [3.63, 3.8) is 0 Å². The zero-order chi connectivity index (χ0) is 22.2. The minimum absolute atomic E-state index is 0.380. The second-order valence-corrected chi connectivity index (χ2v) is 6.73. The number of carbonyl (C=O) groups is 2. The van der Waals surface area contributed by atoms with Crippen molar-refractivity contribution in [1.82, 2.24) is 0 Å². The lowest BCUT2D eigenvalue weighted by Gasteiger charge is -2.14. The lowest BCUT2D eigenvalue weighted by atomic mass is 10.2. The van der Waals surface area contributed by atoms with E-state index < -0.39 is 11.8 Å². The number of nitrogens with one attached hydrogen (secondary N) is 2. The quantitative estimate of drug-likeness (QED) is 0.381. The fraction of sp³-hybridized carbons (Fsp3) is 0. The number of hydrogen-bond acceptors (Lipinski definition) is 4. The van der Waals surface area contributed by atoms with Crippen LogP contribution < -0.4 is 20.1 Å². The van der Waals surface area contributed by atoms with Crippen LogP contribution >= 0.6 is 0 Å². The standard InChI is InChI=1S/C26H20N2O4/c29-25(27-21-15-7-9-17-23(21)31-19-11-3-1-4-12-19)26(30)28-22-16-8-10-18-24(22)32-20-13-5-2-6-14-20/h1-18H,(H,27,29)(H,28,30). The summed E-state index contributed by atoms with van der Waals surface area (Å²) < 4.78 is 11.7. The van der Waals surface area contributed by atoms with Gasteiger partial charge in [0.15, 0.2) is 11.5 Å². The number of para-hydroxylation sites is 6. The zero-order valence-corrected chi connectivity index (χ0v) is 17.0. The summed E-state index contributed by atoms with van der Waals surface area (Å²) in [6.45, 7) is 0. The van der Waals surface area contributed by atoms with Gasteiger partial charge in [-0.15, -0.1) is 0 Å². The van der Waals surface area contributed by atoms with E-state index in [1.165, 1.54) is 0 Å². The second-order valence-electron chi connectivity index (χ2n) is 6.73. The van der Waals surface area contributed by atoms with Crippen molar-refractivity contribution in [2.24, 2.45) is 0 Å². The molecule has 0 fully saturated rings. The Bertz CT molecular complexity index is 1110. The fourth-order valence-corrected chi connectivity index (χ4v) is 2.91. The number of ether oxygens (including phenoxy) is 2. The number of amides is 2. The molecule has 6 nitrogen and oxygen atoms in total. The van der Waals surface area contributed by atoms with Crippen LogP contribution in [0.5, 0.6) is 23.0 Å². The van der Waals surface area contributed by atoms with Crippen molar-refractivity contribution in [3.05, 3.63) is 109 Å². The topological polar surface area (TPSA) is 76.7 Å². The molecule has 2 N–H and O–H groups in total. The zero-order valence-electron chi connectivity index (χ0n) is 17.0. The van der Waals surface area contributed by atoms with Crippen LogP contribution in [-0.2, 0) is 9.59 Å². The molecule has 0 saturated heterocycles. The third-order valence-corrected chi connectivity index (χ3v) is 4.42. The van der Waals surface area contributed by atoms with Crippen LogP contribution in [0.1, 0.15) is 0 Å². The van der Waals surface area contributed by atoms with Crippen molar-refractivity contribution in [2.75, 3.05) is 10.6 Å². The summed E-state index contributed by atoms with van der Waals surface area (Å²) in [5.74, 6) is 0.420. The highest BCUT2D eigenvalue weighted by Gasteiger charge is 2.18. The van der Waals surface area contributed by atoms with Crippen LogP contribution in [0.4, 0.5) is 11.4 Å². The van der Waals surface area contributed by atoms with Gasteiger partial charge in [-0.25, -0.2) is 0 Å². The number of benzene rings is 4. The molecule has 4 aromatic rings. The molecule has 0 aliphatic carbocycles. The van der Waals surface area contributed by atoms with E-state index in [-0.39, 0.29) is 0 Å². The van der Waals surface area contributed by atoms with E-state index >= 15 is 0 Å². The monoisotopic (exact) mass is 424 g/mol. The minimum Gasteiger partial charge on any atom is -0.455 e. The van der Waals surface area contributed by atoms with Gasteiger partial charge in [-0.05, 0) is 48.5 Å². The lowest BCUT2D eigenvalue weighted by molar-refractivity contribution is -0.133. The first-order valence-electron chi connectivity index (χ1n) is 9.95. The number of carbonyl (C=O) groups excluding carboxylic acids is 2. The van der Waals surface area contributed by atoms with E-state index in [2.05, 4.69) is 10.6 Å². The minimum atomic E-state index is -0.830. The maximum Gasteiger partial charge on any atom is 0.314 e. The van der Waals surface area contributed by atoms with Crippen LogP contribution in [0.3, 0.4) is 0 Å². The average molecular weight is 424 g/mol. The van der Waals surface area contributed by atoms with E-state index in [0.29, 0.717) is 34.4 Å². The Hall–Kier alpha value is -4.58. The Kier molecular flexibility index (Phi) is 6.43. The molecular weight excluding hydrogens is 404 g/mol. The van der Waals surface area contributed by atoms with Crippen molar-refractivity contribution < 1.29 is 19.1 Å². The lowest BCUT2D eigenvalue weighted by Crippen LogP contribution is -2.29. The Morgan fingerprint density at radius 3 is 1.22 bits per heavy atom. The Morgan fingerprint density at radius 1 is 0.469 bits per heavy atom. The highest BCUT2D eigenvalue weighted by atomic mass is 16.5. The molecule has 0 aliphatic rings. The summed E-state index contributed by atoms with van der Waals surface area (Å²) in [7, 11) is 0. The number of rotatable bonds is 6. The number of hydrogen-bond donors (Lipinski definition) is 2. The van der Waals surface area contributed by atoms with E-state index in [4.69, 9.17) is 9.47 Å². The van der Waals surface area contributed by atoms with Gasteiger partial charge in [-0.1, -0.05) is 60.7 Å². The highest BCUT2D eigenvalue weighted by Crippen LogP contribution is 2.30. The van der Waals surface area contributed by atoms with Gasteiger partial charge in [0.1, 0.15) is 11.5 Å². The molecular formula is C26H20N2O4. The van der Waals surface area contributed by atoms with Crippen molar-refractivity contribution in [1.29, 1.82) is 0 Å². The van der Waals surface area contributed by atoms with Crippen LogP contribution in [0.2, 0.25) is 0 Å². The highest BCUT2D eigenvalue weighted by molar-refractivity contribution is 6.44. The molecule has 158 valence electrons. The third kappa shape index (κ3) is 5.31. The summed E-state index contributed by atoms with van der Waals surface area (Å²) in [6.07, 6.45) is 0. The molecule has 0 heterocycles. The molecule has 0 aliphatic heterocycles. The van der Waals surface area contributed by atoms with Crippen molar-refractivity contribution in [3.8, 4) is 23.0 Å². The van der Waals surface area contributed by atoms with Gasteiger partial charge in [0.05, 0.1) is 11.4 Å². The summed E-state index contributed by atoms with van der Waals surface area (Å²) in [5.41, 5.74) is 0.760. The molecule has 6 heteroatoms. The Balaban J connectivity index is 1.45. The van der Waals surface area contributed by atoms with E-state index in [9.17, 15) is 9.59 Å². The largest absolute Gasteiger partial charge is 0.455 e. The van der Waals surface area contributed by atoms with E-state index in [1.807, 2.05) is 36.4 Å². The molecule has 32 heavy (non-hydrogen) atoms. The Labute approximate surface area is 185 Å². The van der Waals surface area contributed by atoms with Crippen LogP contribution in [0.25, 0.3) is 0 Å². The van der Waals surface area contributed by atoms with Crippen molar-refractivity contribution >= 4 is 23.2 Å². The van der Waals surface area contributed by atoms with Crippen LogP contribution in [0.15, 0.2) is 109 Å².